The minimum Gasteiger partial charge on any atom is -0.469 e. The third kappa shape index (κ3) is 4.66. The average Bonchev–Trinajstić information content (AvgIpc) is 2.63. The number of carbonyl (C=O) groups excluding carboxylic acids is 1. The van der Waals surface area contributed by atoms with E-state index >= 15 is 0 Å². The molecule has 1 aromatic rings. The van der Waals surface area contributed by atoms with Gasteiger partial charge in [0, 0.05) is 10.9 Å². The van der Waals surface area contributed by atoms with Crippen LogP contribution in [0, 0.1) is 5.41 Å². The number of ether oxygens (including phenoxy) is 1. The summed E-state index contributed by atoms with van der Waals surface area (Å²) in [6.07, 6.45) is 1.09. The second-order valence-electron chi connectivity index (χ2n) is 4.87. The number of esters is 1. The van der Waals surface area contributed by atoms with Crippen molar-refractivity contribution in [1.82, 2.24) is 0 Å². The number of rotatable bonds is 5. The van der Waals surface area contributed by atoms with Gasteiger partial charge < -0.3 is 10.5 Å². The van der Waals surface area contributed by atoms with Gasteiger partial charge in [0.15, 0.2) is 0 Å². The summed E-state index contributed by atoms with van der Waals surface area (Å²) < 4.78 is 5.42. The Morgan fingerprint density at radius 1 is 1.59 bits per heavy atom. The Hall–Kier alpha value is -0.580. The number of halogens is 1. The van der Waals surface area contributed by atoms with Crippen molar-refractivity contribution in [3.8, 4) is 0 Å². The van der Waals surface area contributed by atoms with Crippen LogP contribution < -0.4 is 5.73 Å². The van der Waals surface area contributed by atoms with E-state index in [0.29, 0.717) is 6.42 Å². The molecule has 5 heteroatoms. The van der Waals surface area contributed by atoms with E-state index in [0.717, 1.165) is 15.6 Å². The van der Waals surface area contributed by atoms with Gasteiger partial charge in [-0.05, 0) is 24.0 Å². The molecule has 1 unspecified atom stereocenters. The zero-order valence-corrected chi connectivity index (χ0v) is 11.9. The molecule has 0 spiro atoms. The molecule has 0 aliphatic heterocycles. The van der Waals surface area contributed by atoms with E-state index in [1.807, 2.05) is 26.0 Å². The van der Waals surface area contributed by atoms with Gasteiger partial charge in [0.25, 0.3) is 0 Å². The van der Waals surface area contributed by atoms with E-state index in [-0.39, 0.29) is 17.4 Å². The molecule has 2 N–H and O–H groups in total. The van der Waals surface area contributed by atoms with Crippen LogP contribution in [0.1, 0.15) is 37.6 Å². The zero-order chi connectivity index (χ0) is 13.1. The second-order valence-corrected chi connectivity index (χ2v) is 6.62. The minimum atomic E-state index is -0.202. The summed E-state index contributed by atoms with van der Waals surface area (Å²) in [4.78, 5) is 12.3. The molecule has 1 atom stereocenters. The monoisotopic (exact) mass is 275 g/mol. The summed E-state index contributed by atoms with van der Waals surface area (Å²) in [5, 5.41) is 0. The minimum absolute atomic E-state index is 0.0906. The van der Waals surface area contributed by atoms with Gasteiger partial charge in [-0.3, -0.25) is 4.79 Å². The molecule has 0 aromatic carbocycles. The molecule has 0 aliphatic carbocycles. The Balaban J connectivity index is 2.60. The maximum atomic E-state index is 11.3. The Bertz CT molecular complexity index is 390. The topological polar surface area (TPSA) is 52.3 Å². The van der Waals surface area contributed by atoms with Crippen LogP contribution >= 0.6 is 22.9 Å². The lowest BCUT2D eigenvalue weighted by atomic mass is 9.82. The average molecular weight is 276 g/mol. The van der Waals surface area contributed by atoms with E-state index in [4.69, 9.17) is 17.3 Å². The lowest BCUT2D eigenvalue weighted by Gasteiger charge is -2.26. The number of hydrogen-bond acceptors (Lipinski definition) is 4. The highest BCUT2D eigenvalue weighted by Gasteiger charge is 2.26. The third-order valence-corrected chi connectivity index (χ3v) is 3.95. The van der Waals surface area contributed by atoms with E-state index in [1.54, 1.807) is 0 Å². The lowest BCUT2D eigenvalue weighted by molar-refractivity contribution is -0.143. The molecule has 1 heterocycles. The Morgan fingerprint density at radius 2 is 2.24 bits per heavy atom. The largest absolute Gasteiger partial charge is 0.469 e. The van der Waals surface area contributed by atoms with Gasteiger partial charge >= 0.3 is 5.97 Å². The second kappa shape index (κ2) is 5.85. The van der Waals surface area contributed by atoms with Gasteiger partial charge in [-0.2, -0.15) is 0 Å². The van der Waals surface area contributed by atoms with Crippen molar-refractivity contribution < 1.29 is 9.53 Å². The van der Waals surface area contributed by atoms with Crippen LogP contribution in [0.15, 0.2) is 12.1 Å². The van der Waals surface area contributed by atoms with Crippen LogP contribution in [-0.2, 0) is 9.53 Å². The summed E-state index contributed by atoms with van der Waals surface area (Å²) >= 11 is 7.36. The quantitative estimate of drug-likeness (QED) is 0.838. The van der Waals surface area contributed by atoms with Gasteiger partial charge in [0.05, 0.1) is 17.9 Å². The standard InChI is InChI=1S/C12H18ClNO2S/c1-12(2,7-11(15)16-3)6-8(14)9-4-5-10(13)17-9/h4-5,8H,6-7,14H2,1-3H3. The molecule has 0 fully saturated rings. The molecule has 17 heavy (non-hydrogen) atoms. The molecule has 0 saturated carbocycles. The van der Waals surface area contributed by atoms with Crippen LogP contribution in [0.5, 0.6) is 0 Å². The van der Waals surface area contributed by atoms with Crippen LogP contribution in [0.25, 0.3) is 0 Å². The van der Waals surface area contributed by atoms with Crippen LogP contribution in [0.4, 0.5) is 0 Å². The highest BCUT2D eigenvalue weighted by molar-refractivity contribution is 7.16. The number of carbonyl (C=O) groups is 1. The van der Waals surface area contributed by atoms with Crippen LogP contribution in [0.2, 0.25) is 4.34 Å². The van der Waals surface area contributed by atoms with Crippen molar-refractivity contribution in [2.24, 2.45) is 11.1 Å². The molecule has 0 amide bonds. The molecule has 0 saturated heterocycles. The molecule has 3 nitrogen and oxygen atoms in total. The first-order valence-corrected chi connectivity index (χ1v) is 6.61. The van der Waals surface area contributed by atoms with E-state index in [2.05, 4.69) is 4.74 Å². The van der Waals surface area contributed by atoms with Gasteiger partial charge in [-0.15, -0.1) is 11.3 Å². The zero-order valence-electron chi connectivity index (χ0n) is 10.3. The van der Waals surface area contributed by atoms with E-state index in [1.165, 1.54) is 18.4 Å². The first-order valence-electron chi connectivity index (χ1n) is 5.42. The molecular weight excluding hydrogens is 258 g/mol. The van der Waals surface area contributed by atoms with Crippen molar-refractivity contribution in [3.63, 3.8) is 0 Å². The van der Waals surface area contributed by atoms with E-state index < -0.39 is 0 Å². The predicted molar refractivity (Wildman–Crippen MR) is 71.3 cm³/mol. The molecular formula is C12H18ClNO2S. The first-order chi connectivity index (χ1) is 7.84. The molecule has 0 bridgehead atoms. The summed E-state index contributed by atoms with van der Waals surface area (Å²) in [5.41, 5.74) is 5.93. The highest BCUT2D eigenvalue weighted by atomic mass is 35.5. The fourth-order valence-corrected chi connectivity index (χ4v) is 2.82. The SMILES string of the molecule is COC(=O)CC(C)(C)CC(N)c1ccc(Cl)s1. The first kappa shape index (κ1) is 14.5. The maximum Gasteiger partial charge on any atom is 0.306 e. The molecule has 1 aromatic heterocycles. The fraction of sp³-hybridized carbons (Fsp3) is 0.583. The third-order valence-electron chi connectivity index (χ3n) is 2.58. The number of nitrogens with two attached hydrogens (primary N) is 1. The summed E-state index contributed by atoms with van der Waals surface area (Å²) in [6.45, 7) is 4.03. The summed E-state index contributed by atoms with van der Waals surface area (Å²) in [7, 11) is 1.40. The maximum absolute atomic E-state index is 11.3. The number of methoxy groups -OCH3 is 1. The fourth-order valence-electron chi connectivity index (χ4n) is 1.76. The Labute approximate surface area is 111 Å². The lowest BCUT2D eigenvalue weighted by Crippen LogP contribution is -2.24. The van der Waals surface area contributed by atoms with Crippen molar-refractivity contribution in [1.29, 1.82) is 0 Å². The van der Waals surface area contributed by atoms with E-state index in [9.17, 15) is 4.79 Å². The van der Waals surface area contributed by atoms with Crippen molar-refractivity contribution in [2.75, 3.05) is 7.11 Å². The molecule has 0 aliphatic rings. The van der Waals surface area contributed by atoms with Crippen LogP contribution in [0.3, 0.4) is 0 Å². The summed E-state index contributed by atoms with van der Waals surface area (Å²) in [5.74, 6) is -0.202. The molecule has 1 rings (SSSR count). The number of hydrogen-bond donors (Lipinski definition) is 1. The van der Waals surface area contributed by atoms with Gasteiger partial charge in [-0.1, -0.05) is 25.4 Å². The highest BCUT2D eigenvalue weighted by Crippen LogP contribution is 2.35. The Kier molecular flexibility index (Phi) is 4.98. The molecule has 0 radical (unpaired) electrons. The van der Waals surface area contributed by atoms with Crippen molar-refractivity contribution >= 4 is 28.9 Å². The summed E-state index contributed by atoms with van der Waals surface area (Å²) in [6, 6.07) is 3.69. The van der Waals surface area contributed by atoms with Gasteiger partial charge in [0.1, 0.15) is 0 Å². The van der Waals surface area contributed by atoms with Crippen LogP contribution in [-0.4, -0.2) is 13.1 Å². The van der Waals surface area contributed by atoms with Gasteiger partial charge in [0.2, 0.25) is 0 Å². The normalized spacial score (nSPS) is 13.5. The smallest absolute Gasteiger partial charge is 0.306 e. The number of thiophene rings is 1. The van der Waals surface area contributed by atoms with Crippen molar-refractivity contribution in [3.05, 3.63) is 21.3 Å². The van der Waals surface area contributed by atoms with Gasteiger partial charge in [-0.25, -0.2) is 0 Å². The molecule has 96 valence electrons. The predicted octanol–water partition coefficient (Wildman–Crippen LogP) is 3.38. The van der Waals surface area contributed by atoms with Crippen molar-refractivity contribution in [2.45, 2.75) is 32.7 Å². The Morgan fingerprint density at radius 3 is 2.71 bits per heavy atom.